The van der Waals surface area contributed by atoms with E-state index >= 15 is 0 Å². The van der Waals surface area contributed by atoms with E-state index < -0.39 is 0 Å². The van der Waals surface area contributed by atoms with E-state index in [4.69, 9.17) is 4.98 Å². The van der Waals surface area contributed by atoms with Crippen molar-refractivity contribution in [3.8, 4) is 0 Å². The maximum atomic E-state index is 13.4. The average molecular weight is 338 g/mol. The van der Waals surface area contributed by atoms with Crippen LogP contribution in [0.3, 0.4) is 0 Å². The van der Waals surface area contributed by atoms with Crippen molar-refractivity contribution in [2.45, 2.75) is 45.2 Å². The Labute approximate surface area is 148 Å². The molecule has 6 rings (SSSR count). The summed E-state index contributed by atoms with van der Waals surface area (Å²) in [5.74, 6) is 2.34. The molecule has 132 valence electrons. The molecule has 1 atom stereocenters. The van der Waals surface area contributed by atoms with Crippen LogP contribution in [0, 0.1) is 5.92 Å². The topological polar surface area (TPSA) is 41.4 Å². The predicted octanol–water partition coefficient (Wildman–Crippen LogP) is 2.71. The second-order valence-electron chi connectivity index (χ2n) is 8.15. The predicted molar refractivity (Wildman–Crippen MR) is 97.8 cm³/mol. The Bertz CT molecular complexity index is 832. The van der Waals surface area contributed by atoms with E-state index in [0.29, 0.717) is 17.9 Å². The van der Waals surface area contributed by atoms with Crippen molar-refractivity contribution < 1.29 is 4.79 Å². The summed E-state index contributed by atoms with van der Waals surface area (Å²) < 4.78 is 2.30. The fourth-order valence-electron chi connectivity index (χ4n) is 5.11. The van der Waals surface area contributed by atoms with Gasteiger partial charge < -0.3 is 14.4 Å². The zero-order valence-corrected chi connectivity index (χ0v) is 15.1. The van der Waals surface area contributed by atoms with Crippen LogP contribution < -0.4 is 0 Å². The van der Waals surface area contributed by atoms with Gasteiger partial charge in [-0.05, 0) is 44.0 Å². The number of imidazole rings is 1. The highest BCUT2D eigenvalue weighted by atomic mass is 16.2. The van der Waals surface area contributed by atoms with Crippen LogP contribution in [0.1, 0.15) is 48.8 Å². The molecule has 5 nitrogen and oxygen atoms in total. The quantitative estimate of drug-likeness (QED) is 0.845. The summed E-state index contributed by atoms with van der Waals surface area (Å²) in [7, 11) is 0. The number of nitrogens with zero attached hydrogens (tertiary/aromatic N) is 4. The van der Waals surface area contributed by atoms with E-state index in [9.17, 15) is 4.79 Å². The van der Waals surface area contributed by atoms with Crippen molar-refractivity contribution in [1.29, 1.82) is 0 Å². The lowest BCUT2D eigenvalue weighted by Crippen LogP contribution is -2.58. The molecule has 1 aromatic heterocycles. The first kappa shape index (κ1) is 15.4. The number of piperidine rings is 3. The number of aromatic nitrogens is 2. The van der Waals surface area contributed by atoms with E-state index in [0.717, 1.165) is 42.1 Å². The van der Waals surface area contributed by atoms with Crippen LogP contribution in [-0.2, 0) is 6.54 Å². The third-order valence-corrected chi connectivity index (χ3v) is 6.39. The van der Waals surface area contributed by atoms with Gasteiger partial charge in [0.15, 0.2) is 0 Å². The Kier molecular flexibility index (Phi) is 3.42. The van der Waals surface area contributed by atoms with Crippen LogP contribution >= 0.6 is 0 Å². The average Bonchev–Trinajstić information content (AvgIpc) is 2.94. The molecule has 2 bridgehead atoms. The molecule has 0 aliphatic carbocycles. The number of carbonyl (C=O) groups excluding carboxylic acids is 1. The summed E-state index contributed by atoms with van der Waals surface area (Å²) in [4.78, 5) is 23.0. The molecule has 1 aromatic carbocycles. The molecule has 3 saturated heterocycles. The Morgan fingerprint density at radius 1 is 1.12 bits per heavy atom. The second-order valence-corrected chi connectivity index (χ2v) is 8.15. The van der Waals surface area contributed by atoms with Crippen molar-refractivity contribution in [2.24, 2.45) is 5.92 Å². The summed E-state index contributed by atoms with van der Waals surface area (Å²) >= 11 is 0. The van der Waals surface area contributed by atoms with Crippen LogP contribution in [0.2, 0.25) is 0 Å². The molecule has 0 N–H and O–H groups in total. The molecule has 3 fully saturated rings. The van der Waals surface area contributed by atoms with Gasteiger partial charge >= 0.3 is 0 Å². The minimum absolute atomic E-state index is 0.207. The molecule has 2 aromatic rings. The van der Waals surface area contributed by atoms with Gasteiger partial charge in [-0.25, -0.2) is 4.98 Å². The smallest absolute Gasteiger partial charge is 0.256 e. The molecule has 5 heteroatoms. The van der Waals surface area contributed by atoms with E-state index in [-0.39, 0.29) is 5.91 Å². The van der Waals surface area contributed by atoms with Crippen LogP contribution in [0.4, 0.5) is 0 Å². The van der Waals surface area contributed by atoms with Gasteiger partial charge in [-0.15, -0.1) is 0 Å². The first-order valence-electron chi connectivity index (χ1n) is 9.66. The fraction of sp³-hybridized carbons (Fsp3) is 0.600. The molecular formula is C20H26N4O. The molecule has 1 amide bonds. The molecule has 0 spiro atoms. The van der Waals surface area contributed by atoms with Gasteiger partial charge in [0.1, 0.15) is 5.82 Å². The Balaban J connectivity index is 1.59. The standard InChI is InChI=1S/C20H26N4O/c1-13(2)19-21-16-5-3-4-15-18(16)24(19)11-10-23(20(15)25)17-12-22-8-6-14(17)7-9-22/h3-5,13-14,17H,6-12H2,1-2H3/t17-/m0/s1. The lowest BCUT2D eigenvalue weighted by molar-refractivity contribution is 0.00720. The van der Waals surface area contributed by atoms with Gasteiger partial charge in [0.25, 0.3) is 5.91 Å². The number of hydrogen-bond donors (Lipinski definition) is 0. The van der Waals surface area contributed by atoms with Gasteiger partial charge in [-0.1, -0.05) is 19.9 Å². The molecule has 5 heterocycles. The highest BCUT2D eigenvalue weighted by Crippen LogP contribution is 2.34. The van der Waals surface area contributed by atoms with Crippen LogP contribution in [-0.4, -0.2) is 57.5 Å². The second kappa shape index (κ2) is 5.56. The summed E-state index contributed by atoms with van der Waals surface area (Å²) in [6.07, 6.45) is 2.48. The lowest BCUT2D eigenvalue weighted by Gasteiger charge is -2.48. The van der Waals surface area contributed by atoms with Gasteiger partial charge in [-0.2, -0.15) is 0 Å². The number of rotatable bonds is 2. The SMILES string of the molecule is CC(C)c1nc2cccc3c2n1CCN([C@H]1CN2CCC1CC2)C3=O. The summed E-state index contributed by atoms with van der Waals surface area (Å²) in [6, 6.07) is 6.40. The number of hydrogen-bond acceptors (Lipinski definition) is 3. The summed E-state index contributed by atoms with van der Waals surface area (Å²) in [6.45, 7) is 9.49. The molecule has 0 saturated carbocycles. The van der Waals surface area contributed by atoms with Crippen LogP contribution in [0.5, 0.6) is 0 Å². The van der Waals surface area contributed by atoms with Crippen molar-refractivity contribution in [3.05, 3.63) is 29.6 Å². The minimum Gasteiger partial charge on any atom is -0.332 e. The highest BCUT2D eigenvalue weighted by Gasteiger charge is 2.40. The Morgan fingerprint density at radius 2 is 1.92 bits per heavy atom. The molecule has 25 heavy (non-hydrogen) atoms. The third kappa shape index (κ3) is 2.25. The van der Waals surface area contributed by atoms with E-state index in [1.54, 1.807) is 0 Å². The molecule has 4 aliphatic heterocycles. The number of fused-ring (bicyclic) bond motifs is 3. The first-order chi connectivity index (χ1) is 12.1. The molecule has 0 unspecified atom stereocenters. The van der Waals surface area contributed by atoms with Gasteiger partial charge in [0.2, 0.25) is 0 Å². The molecular weight excluding hydrogens is 312 g/mol. The first-order valence-corrected chi connectivity index (χ1v) is 9.66. The van der Waals surface area contributed by atoms with E-state index in [1.807, 2.05) is 18.2 Å². The van der Waals surface area contributed by atoms with Crippen LogP contribution in [0.25, 0.3) is 11.0 Å². The zero-order valence-electron chi connectivity index (χ0n) is 15.1. The van der Waals surface area contributed by atoms with E-state index in [2.05, 4.69) is 28.2 Å². The summed E-state index contributed by atoms with van der Waals surface area (Å²) in [5.41, 5.74) is 2.84. The van der Waals surface area contributed by atoms with Gasteiger partial charge in [0.05, 0.1) is 16.6 Å². The summed E-state index contributed by atoms with van der Waals surface area (Å²) in [5, 5.41) is 0. The number of carbonyl (C=O) groups is 1. The maximum absolute atomic E-state index is 13.4. The normalized spacial score (nSPS) is 28.8. The third-order valence-electron chi connectivity index (χ3n) is 6.39. The minimum atomic E-state index is 0.207. The maximum Gasteiger partial charge on any atom is 0.256 e. The fourth-order valence-corrected chi connectivity index (χ4v) is 5.11. The van der Waals surface area contributed by atoms with E-state index in [1.165, 1.54) is 25.9 Å². The lowest BCUT2D eigenvalue weighted by atomic mass is 9.83. The van der Waals surface area contributed by atoms with Gasteiger partial charge in [-0.3, -0.25) is 4.79 Å². The zero-order chi connectivity index (χ0) is 17.1. The molecule has 0 radical (unpaired) electrons. The molecule has 4 aliphatic rings. The largest absolute Gasteiger partial charge is 0.332 e. The number of amides is 1. The highest BCUT2D eigenvalue weighted by molar-refractivity contribution is 6.05. The monoisotopic (exact) mass is 338 g/mol. The van der Waals surface area contributed by atoms with Crippen molar-refractivity contribution in [1.82, 2.24) is 19.4 Å². The number of benzene rings is 1. The van der Waals surface area contributed by atoms with Crippen molar-refractivity contribution in [3.63, 3.8) is 0 Å². The Morgan fingerprint density at radius 3 is 2.60 bits per heavy atom. The Hall–Kier alpha value is -1.88. The van der Waals surface area contributed by atoms with Crippen LogP contribution in [0.15, 0.2) is 18.2 Å². The number of para-hydroxylation sites is 1. The van der Waals surface area contributed by atoms with Gasteiger partial charge in [0, 0.05) is 31.6 Å². The van der Waals surface area contributed by atoms with Crippen molar-refractivity contribution in [2.75, 3.05) is 26.2 Å². The van der Waals surface area contributed by atoms with Crippen molar-refractivity contribution >= 4 is 16.9 Å².